The van der Waals surface area contributed by atoms with Gasteiger partial charge in [-0.05, 0) is 17.7 Å². The molecule has 0 saturated carbocycles. The van der Waals surface area contributed by atoms with Crippen LogP contribution in [0.2, 0.25) is 0 Å². The van der Waals surface area contributed by atoms with Crippen LogP contribution in [0.4, 0.5) is 0 Å². The molecule has 3 nitrogen and oxygen atoms in total. The van der Waals surface area contributed by atoms with Crippen LogP contribution in [0.25, 0.3) is 0 Å². The van der Waals surface area contributed by atoms with E-state index in [-0.39, 0.29) is 0 Å². The summed E-state index contributed by atoms with van der Waals surface area (Å²) in [7, 11) is 0. The molecule has 0 radical (unpaired) electrons. The van der Waals surface area contributed by atoms with Gasteiger partial charge in [-0.2, -0.15) is 0 Å². The normalized spacial score (nSPS) is 10.4. The number of nitrogens with zero attached hydrogens (tertiary/aromatic N) is 2. The summed E-state index contributed by atoms with van der Waals surface area (Å²) in [5.74, 6) is 0. The Kier molecular flexibility index (Phi) is 2.86. The highest BCUT2D eigenvalue weighted by Crippen LogP contribution is 2.15. The van der Waals surface area contributed by atoms with Crippen molar-refractivity contribution in [3.05, 3.63) is 46.2 Å². The van der Waals surface area contributed by atoms with Crippen LogP contribution >= 0.6 is 11.3 Å². The average Bonchev–Trinajstić information content (AvgIpc) is 2.67. The Balaban J connectivity index is 2.11. The fraction of sp³-hybridized carbons (Fsp3) is 0.200. The monoisotopic (exact) mass is 205 g/mol. The van der Waals surface area contributed by atoms with Crippen molar-refractivity contribution in [1.29, 1.82) is 0 Å². The first-order valence-electron chi connectivity index (χ1n) is 4.41. The largest absolute Gasteiger partial charge is 0.326 e. The van der Waals surface area contributed by atoms with Crippen LogP contribution in [-0.4, -0.2) is 9.97 Å². The lowest BCUT2D eigenvalue weighted by molar-refractivity contribution is 1.08. The Labute approximate surface area is 86.6 Å². The Morgan fingerprint density at radius 3 is 2.71 bits per heavy atom. The van der Waals surface area contributed by atoms with Crippen LogP contribution < -0.4 is 5.73 Å². The molecule has 2 aromatic heterocycles. The van der Waals surface area contributed by atoms with E-state index in [9.17, 15) is 0 Å². The summed E-state index contributed by atoms with van der Waals surface area (Å²) in [6.45, 7) is 0.577. The third-order valence-corrected chi connectivity index (χ3v) is 2.93. The SMILES string of the molecule is NCc1cnc(Cc2ccncc2)s1. The van der Waals surface area contributed by atoms with E-state index in [0.29, 0.717) is 6.54 Å². The molecule has 0 unspecified atom stereocenters. The predicted octanol–water partition coefficient (Wildman–Crippen LogP) is 1.59. The number of rotatable bonds is 3. The lowest BCUT2D eigenvalue weighted by Gasteiger charge is -1.95. The van der Waals surface area contributed by atoms with Crippen molar-refractivity contribution in [2.45, 2.75) is 13.0 Å². The van der Waals surface area contributed by atoms with Crippen molar-refractivity contribution in [2.75, 3.05) is 0 Å². The molecule has 0 aromatic carbocycles. The second-order valence-corrected chi connectivity index (χ2v) is 4.16. The maximum atomic E-state index is 5.52. The highest BCUT2D eigenvalue weighted by Gasteiger charge is 2.01. The molecule has 4 heteroatoms. The van der Waals surface area contributed by atoms with E-state index < -0.39 is 0 Å². The quantitative estimate of drug-likeness (QED) is 0.827. The van der Waals surface area contributed by atoms with Crippen molar-refractivity contribution in [3.63, 3.8) is 0 Å². The van der Waals surface area contributed by atoms with E-state index in [4.69, 9.17) is 5.73 Å². The number of nitrogens with two attached hydrogens (primary N) is 1. The smallest absolute Gasteiger partial charge is 0.0972 e. The van der Waals surface area contributed by atoms with E-state index >= 15 is 0 Å². The van der Waals surface area contributed by atoms with Crippen LogP contribution in [0.5, 0.6) is 0 Å². The third kappa shape index (κ3) is 2.16. The van der Waals surface area contributed by atoms with Gasteiger partial charge in [-0.1, -0.05) is 0 Å². The van der Waals surface area contributed by atoms with Crippen LogP contribution in [0, 0.1) is 0 Å². The van der Waals surface area contributed by atoms with Crippen molar-refractivity contribution in [3.8, 4) is 0 Å². The second-order valence-electron chi connectivity index (χ2n) is 2.96. The van der Waals surface area contributed by atoms with Gasteiger partial charge in [0.15, 0.2) is 0 Å². The standard InChI is InChI=1S/C10H11N3S/c11-6-9-7-13-10(14-9)5-8-1-3-12-4-2-8/h1-4,7H,5-6,11H2. The van der Waals surface area contributed by atoms with Crippen molar-refractivity contribution >= 4 is 11.3 Å². The summed E-state index contributed by atoms with van der Waals surface area (Å²) in [4.78, 5) is 9.41. The summed E-state index contributed by atoms with van der Waals surface area (Å²) in [6.07, 6.45) is 6.31. The molecule has 0 fully saturated rings. The third-order valence-electron chi connectivity index (χ3n) is 1.91. The first kappa shape index (κ1) is 9.30. The molecule has 72 valence electrons. The van der Waals surface area contributed by atoms with Gasteiger partial charge >= 0.3 is 0 Å². The van der Waals surface area contributed by atoms with Crippen LogP contribution in [0.3, 0.4) is 0 Å². The molecule has 14 heavy (non-hydrogen) atoms. The van der Waals surface area contributed by atoms with E-state index in [2.05, 4.69) is 9.97 Å². The zero-order valence-electron chi connectivity index (χ0n) is 7.68. The number of pyridine rings is 1. The number of hydrogen-bond donors (Lipinski definition) is 1. The number of hydrogen-bond acceptors (Lipinski definition) is 4. The summed E-state index contributed by atoms with van der Waals surface area (Å²) in [5, 5.41) is 1.11. The van der Waals surface area contributed by atoms with Gasteiger partial charge in [0.05, 0.1) is 5.01 Å². The lowest BCUT2D eigenvalue weighted by atomic mass is 10.2. The molecule has 0 aliphatic rings. The molecule has 2 rings (SSSR count). The highest BCUT2D eigenvalue weighted by molar-refractivity contribution is 7.11. The van der Waals surface area contributed by atoms with E-state index in [0.717, 1.165) is 16.3 Å². The van der Waals surface area contributed by atoms with Gasteiger partial charge in [-0.15, -0.1) is 11.3 Å². The van der Waals surface area contributed by atoms with Gasteiger partial charge in [-0.25, -0.2) is 4.98 Å². The van der Waals surface area contributed by atoms with Gasteiger partial charge < -0.3 is 5.73 Å². The molecule has 0 spiro atoms. The highest BCUT2D eigenvalue weighted by atomic mass is 32.1. The Morgan fingerprint density at radius 1 is 1.29 bits per heavy atom. The Morgan fingerprint density at radius 2 is 2.07 bits per heavy atom. The van der Waals surface area contributed by atoms with Gasteiger partial charge in [0.25, 0.3) is 0 Å². The van der Waals surface area contributed by atoms with Gasteiger partial charge in [0.2, 0.25) is 0 Å². The van der Waals surface area contributed by atoms with Crippen LogP contribution in [0.15, 0.2) is 30.7 Å². The van der Waals surface area contributed by atoms with E-state index in [1.54, 1.807) is 23.7 Å². The number of thiazole rings is 1. The first-order valence-corrected chi connectivity index (χ1v) is 5.22. The molecule has 0 amide bonds. The number of aromatic nitrogens is 2. The van der Waals surface area contributed by atoms with Crippen molar-refractivity contribution in [2.24, 2.45) is 5.73 Å². The van der Waals surface area contributed by atoms with Crippen molar-refractivity contribution < 1.29 is 0 Å². The molecular weight excluding hydrogens is 194 g/mol. The fourth-order valence-corrected chi connectivity index (χ4v) is 2.04. The minimum Gasteiger partial charge on any atom is -0.326 e. The molecule has 0 aliphatic heterocycles. The molecule has 0 saturated heterocycles. The molecular formula is C10H11N3S. The summed E-state index contributed by atoms with van der Waals surface area (Å²) in [6, 6.07) is 4.01. The van der Waals surface area contributed by atoms with Crippen LogP contribution in [-0.2, 0) is 13.0 Å². The van der Waals surface area contributed by atoms with Gasteiger partial charge in [0, 0.05) is 36.4 Å². The first-order chi connectivity index (χ1) is 6.88. The fourth-order valence-electron chi connectivity index (χ4n) is 1.20. The van der Waals surface area contributed by atoms with E-state index in [1.807, 2.05) is 18.3 Å². The Bertz CT molecular complexity index is 397. The van der Waals surface area contributed by atoms with Crippen LogP contribution in [0.1, 0.15) is 15.4 Å². The molecule has 0 aliphatic carbocycles. The molecule has 0 bridgehead atoms. The maximum absolute atomic E-state index is 5.52. The average molecular weight is 205 g/mol. The summed E-state index contributed by atoms with van der Waals surface area (Å²) < 4.78 is 0. The molecule has 2 N–H and O–H groups in total. The minimum atomic E-state index is 0.577. The maximum Gasteiger partial charge on any atom is 0.0972 e. The predicted molar refractivity (Wildman–Crippen MR) is 57.0 cm³/mol. The minimum absolute atomic E-state index is 0.577. The zero-order chi connectivity index (χ0) is 9.80. The summed E-state index contributed by atoms with van der Waals surface area (Å²) >= 11 is 1.67. The van der Waals surface area contributed by atoms with Gasteiger partial charge in [-0.3, -0.25) is 4.98 Å². The summed E-state index contributed by atoms with van der Waals surface area (Å²) in [5.41, 5.74) is 6.75. The lowest BCUT2D eigenvalue weighted by Crippen LogP contribution is -1.91. The topological polar surface area (TPSA) is 51.8 Å². The Hall–Kier alpha value is -1.26. The van der Waals surface area contributed by atoms with Crippen molar-refractivity contribution in [1.82, 2.24) is 9.97 Å². The molecule has 0 atom stereocenters. The molecule has 2 heterocycles. The molecule has 2 aromatic rings. The zero-order valence-corrected chi connectivity index (χ0v) is 8.50. The van der Waals surface area contributed by atoms with E-state index in [1.165, 1.54) is 5.56 Å². The van der Waals surface area contributed by atoms with Gasteiger partial charge in [0.1, 0.15) is 0 Å². The second kappa shape index (κ2) is 4.30.